The number of halogens is 1. The second-order valence-corrected chi connectivity index (χ2v) is 6.58. The zero-order valence-corrected chi connectivity index (χ0v) is 15.9. The summed E-state index contributed by atoms with van der Waals surface area (Å²) < 4.78 is 0. The maximum atomic E-state index is 12.4. The highest BCUT2D eigenvalue weighted by molar-refractivity contribution is 6.31. The molecule has 0 atom stereocenters. The molecule has 3 aromatic rings. The van der Waals surface area contributed by atoms with E-state index in [-0.39, 0.29) is 29.7 Å². The lowest BCUT2D eigenvalue weighted by Crippen LogP contribution is -2.28. The fraction of sp³-hybridized carbons (Fsp3) is 0.136. The summed E-state index contributed by atoms with van der Waals surface area (Å²) in [6.07, 6.45) is 0.727. The summed E-state index contributed by atoms with van der Waals surface area (Å²) in [6.45, 7) is 0.779. The molecule has 2 amide bonds. The molecule has 0 spiro atoms. The van der Waals surface area contributed by atoms with Crippen LogP contribution in [0.2, 0.25) is 5.02 Å². The van der Waals surface area contributed by atoms with Crippen LogP contribution in [0.1, 0.15) is 32.1 Å². The van der Waals surface area contributed by atoms with Crippen molar-refractivity contribution in [2.24, 2.45) is 0 Å². The number of pyridine rings is 1. The Balaban J connectivity index is 1.55. The van der Waals surface area contributed by atoms with Crippen molar-refractivity contribution in [2.75, 3.05) is 6.54 Å². The second kappa shape index (κ2) is 9.67. The molecule has 0 saturated carbocycles. The zero-order valence-electron chi connectivity index (χ0n) is 15.2. The van der Waals surface area contributed by atoms with Crippen molar-refractivity contribution in [2.45, 2.75) is 13.0 Å². The summed E-state index contributed by atoms with van der Waals surface area (Å²) in [5, 5.41) is 6.18. The van der Waals surface area contributed by atoms with E-state index in [4.69, 9.17) is 11.6 Å². The SMILES string of the molecule is O=C(NCCc1ccccc1)c1cccc(C(=O)NCc2ccccc2Cl)n1. The van der Waals surface area contributed by atoms with Crippen LogP contribution in [0.15, 0.2) is 72.8 Å². The fourth-order valence-corrected chi connectivity index (χ4v) is 2.85. The van der Waals surface area contributed by atoms with Crippen molar-refractivity contribution in [1.82, 2.24) is 15.6 Å². The maximum Gasteiger partial charge on any atom is 0.270 e. The minimum Gasteiger partial charge on any atom is -0.350 e. The van der Waals surface area contributed by atoms with Crippen LogP contribution in [0.25, 0.3) is 0 Å². The molecule has 2 aromatic carbocycles. The quantitative estimate of drug-likeness (QED) is 0.643. The van der Waals surface area contributed by atoms with Crippen LogP contribution in [0.3, 0.4) is 0 Å². The monoisotopic (exact) mass is 393 g/mol. The van der Waals surface area contributed by atoms with Gasteiger partial charge in [0, 0.05) is 18.1 Å². The van der Waals surface area contributed by atoms with Crippen LogP contribution in [-0.2, 0) is 13.0 Å². The highest BCUT2D eigenvalue weighted by Gasteiger charge is 2.12. The van der Waals surface area contributed by atoms with E-state index >= 15 is 0 Å². The smallest absolute Gasteiger partial charge is 0.270 e. The van der Waals surface area contributed by atoms with E-state index in [2.05, 4.69) is 15.6 Å². The average Bonchev–Trinajstić information content (AvgIpc) is 2.74. The molecule has 1 heterocycles. The first-order chi connectivity index (χ1) is 13.6. The number of carbonyl (C=O) groups is 2. The Hall–Kier alpha value is -3.18. The number of benzene rings is 2. The van der Waals surface area contributed by atoms with Crippen LogP contribution < -0.4 is 10.6 Å². The van der Waals surface area contributed by atoms with E-state index in [9.17, 15) is 9.59 Å². The molecule has 0 fully saturated rings. The molecule has 142 valence electrons. The molecule has 1 aromatic heterocycles. The summed E-state index contributed by atoms with van der Waals surface area (Å²) in [7, 11) is 0. The Kier molecular flexibility index (Phi) is 6.76. The Morgan fingerprint density at radius 1 is 0.786 bits per heavy atom. The Morgan fingerprint density at radius 2 is 1.43 bits per heavy atom. The molecule has 28 heavy (non-hydrogen) atoms. The number of nitrogens with zero attached hydrogens (tertiary/aromatic N) is 1. The largest absolute Gasteiger partial charge is 0.350 e. The minimum absolute atomic E-state index is 0.183. The van der Waals surface area contributed by atoms with Gasteiger partial charge in [-0.25, -0.2) is 4.98 Å². The fourth-order valence-electron chi connectivity index (χ4n) is 2.65. The predicted molar refractivity (Wildman–Crippen MR) is 109 cm³/mol. The first-order valence-corrected chi connectivity index (χ1v) is 9.32. The number of aromatic nitrogens is 1. The van der Waals surface area contributed by atoms with Gasteiger partial charge < -0.3 is 10.6 Å². The van der Waals surface area contributed by atoms with Crippen LogP contribution in [-0.4, -0.2) is 23.3 Å². The molecule has 0 aliphatic carbocycles. The van der Waals surface area contributed by atoms with Crippen molar-refractivity contribution in [3.05, 3.63) is 100 Å². The molecule has 5 nitrogen and oxygen atoms in total. The Bertz CT molecular complexity index is 961. The molecule has 6 heteroatoms. The third-order valence-corrected chi connectivity index (χ3v) is 4.52. The molecule has 0 radical (unpaired) electrons. The second-order valence-electron chi connectivity index (χ2n) is 6.17. The molecule has 3 rings (SSSR count). The topological polar surface area (TPSA) is 71.1 Å². The number of rotatable bonds is 7. The van der Waals surface area contributed by atoms with E-state index in [1.807, 2.05) is 48.5 Å². The number of amides is 2. The van der Waals surface area contributed by atoms with Gasteiger partial charge in [-0.1, -0.05) is 66.2 Å². The van der Waals surface area contributed by atoms with Gasteiger partial charge in [-0.15, -0.1) is 0 Å². The van der Waals surface area contributed by atoms with E-state index in [1.165, 1.54) is 0 Å². The van der Waals surface area contributed by atoms with Gasteiger partial charge in [-0.3, -0.25) is 9.59 Å². The van der Waals surface area contributed by atoms with Gasteiger partial charge in [0.05, 0.1) is 0 Å². The van der Waals surface area contributed by atoms with Gasteiger partial charge in [0.1, 0.15) is 11.4 Å². The van der Waals surface area contributed by atoms with Gasteiger partial charge in [0.25, 0.3) is 11.8 Å². The molecule has 0 aliphatic rings. The van der Waals surface area contributed by atoms with Gasteiger partial charge in [-0.05, 0) is 35.7 Å². The van der Waals surface area contributed by atoms with Crippen LogP contribution in [0.4, 0.5) is 0 Å². The first-order valence-electron chi connectivity index (χ1n) is 8.94. The van der Waals surface area contributed by atoms with Crippen molar-refractivity contribution < 1.29 is 9.59 Å². The third kappa shape index (κ3) is 5.41. The minimum atomic E-state index is -0.362. The van der Waals surface area contributed by atoms with Gasteiger partial charge in [0.15, 0.2) is 0 Å². The number of nitrogens with one attached hydrogen (secondary N) is 2. The van der Waals surface area contributed by atoms with Crippen molar-refractivity contribution in [1.29, 1.82) is 0 Å². The number of hydrogen-bond acceptors (Lipinski definition) is 3. The van der Waals surface area contributed by atoms with Crippen LogP contribution >= 0.6 is 11.6 Å². The molecule has 0 unspecified atom stereocenters. The van der Waals surface area contributed by atoms with E-state index < -0.39 is 0 Å². The van der Waals surface area contributed by atoms with Gasteiger partial charge in [0.2, 0.25) is 0 Å². The molecule has 0 bridgehead atoms. The van der Waals surface area contributed by atoms with Crippen LogP contribution in [0, 0.1) is 0 Å². The average molecular weight is 394 g/mol. The highest BCUT2D eigenvalue weighted by atomic mass is 35.5. The number of carbonyl (C=O) groups excluding carboxylic acids is 2. The molecule has 2 N–H and O–H groups in total. The summed E-state index contributed by atoms with van der Waals surface area (Å²) >= 11 is 6.09. The lowest BCUT2D eigenvalue weighted by Gasteiger charge is -2.08. The van der Waals surface area contributed by atoms with E-state index in [0.717, 1.165) is 17.5 Å². The van der Waals surface area contributed by atoms with Crippen molar-refractivity contribution in [3.8, 4) is 0 Å². The summed E-state index contributed by atoms with van der Waals surface area (Å²) in [5.74, 6) is -0.671. The van der Waals surface area contributed by atoms with Crippen LogP contribution in [0.5, 0.6) is 0 Å². The normalized spacial score (nSPS) is 10.3. The molecule has 0 aliphatic heterocycles. The van der Waals surface area contributed by atoms with Crippen molar-refractivity contribution in [3.63, 3.8) is 0 Å². The molecular formula is C22H20ClN3O2. The van der Waals surface area contributed by atoms with E-state index in [0.29, 0.717) is 11.6 Å². The maximum absolute atomic E-state index is 12.4. The van der Waals surface area contributed by atoms with Gasteiger partial charge >= 0.3 is 0 Å². The predicted octanol–water partition coefficient (Wildman–Crippen LogP) is 3.64. The third-order valence-electron chi connectivity index (χ3n) is 4.15. The first kappa shape index (κ1) is 19.6. The van der Waals surface area contributed by atoms with E-state index in [1.54, 1.807) is 24.3 Å². The Morgan fingerprint density at radius 3 is 2.14 bits per heavy atom. The standard InChI is InChI=1S/C22H20ClN3O2/c23-18-10-5-4-9-17(18)15-25-22(28)20-12-6-11-19(26-20)21(27)24-14-13-16-7-2-1-3-8-16/h1-12H,13-15H2,(H,24,27)(H,25,28). The summed E-state index contributed by atoms with van der Waals surface area (Å²) in [6, 6.07) is 22.0. The number of hydrogen-bond donors (Lipinski definition) is 2. The zero-order chi connectivity index (χ0) is 19.8. The lowest BCUT2D eigenvalue weighted by atomic mass is 10.1. The molecule has 0 saturated heterocycles. The summed E-state index contributed by atoms with van der Waals surface area (Å²) in [4.78, 5) is 28.8. The van der Waals surface area contributed by atoms with Gasteiger partial charge in [-0.2, -0.15) is 0 Å². The molecular weight excluding hydrogens is 374 g/mol. The summed E-state index contributed by atoms with van der Waals surface area (Å²) in [5.41, 5.74) is 2.34. The highest BCUT2D eigenvalue weighted by Crippen LogP contribution is 2.14. The Labute approximate surface area is 168 Å². The van der Waals surface area contributed by atoms with Crippen molar-refractivity contribution >= 4 is 23.4 Å². The lowest BCUT2D eigenvalue weighted by molar-refractivity contribution is 0.0943.